The first-order chi connectivity index (χ1) is 14.7. The number of carbonyl (C=O) groups excluding carboxylic acids is 2. The molecular formula is C21H21F3N4O3. The van der Waals surface area contributed by atoms with E-state index < -0.39 is 24.2 Å². The Bertz CT molecular complexity index is 1070. The zero-order chi connectivity index (χ0) is 22.4. The van der Waals surface area contributed by atoms with Crippen LogP contribution in [0.15, 0.2) is 42.5 Å². The first kappa shape index (κ1) is 22.4. The summed E-state index contributed by atoms with van der Waals surface area (Å²) in [7, 11) is 0. The third-order valence-electron chi connectivity index (χ3n) is 4.71. The topological polar surface area (TPSA) is 111 Å². The molecule has 3 aromatic rings. The number of unbranched alkanes of at least 4 members (excludes halogenated alkanes) is 2. The molecular weight excluding hydrogens is 413 g/mol. The van der Waals surface area contributed by atoms with Gasteiger partial charge in [0, 0.05) is 12.0 Å². The number of fused-ring (bicyclic) bond motifs is 1. The molecule has 0 fully saturated rings. The highest BCUT2D eigenvalue weighted by molar-refractivity contribution is 5.88. The Morgan fingerprint density at radius 1 is 1.03 bits per heavy atom. The Balaban J connectivity index is 1.44. The molecule has 3 N–H and O–H groups in total. The SMILES string of the molecule is N[C@@H](CCCCCC(=O)OC(=O)C(F)(F)F)c1nnc(-c2ccc3ccccc3c2)[nH]1. The number of ether oxygens (including phenoxy) is 1. The van der Waals surface area contributed by atoms with E-state index in [0.29, 0.717) is 30.9 Å². The lowest BCUT2D eigenvalue weighted by Crippen LogP contribution is -2.27. The molecule has 0 saturated carbocycles. The molecule has 0 saturated heterocycles. The van der Waals surface area contributed by atoms with Gasteiger partial charge >= 0.3 is 18.1 Å². The molecule has 0 spiro atoms. The van der Waals surface area contributed by atoms with Gasteiger partial charge in [0.2, 0.25) is 0 Å². The van der Waals surface area contributed by atoms with E-state index in [4.69, 9.17) is 5.73 Å². The number of benzene rings is 2. The van der Waals surface area contributed by atoms with Gasteiger partial charge in [-0.1, -0.05) is 49.2 Å². The van der Waals surface area contributed by atoms with Crippen LogP contribution in [0.5, 0.6) is 0 Å². The quantitative estimate of drug-likeness (QED) is 0.312. The van der Waals surface area contributed by atoms with E-state index in [2.05, 4.69) is 19.9 Å². The van der Waals surface area contributed by atoms with Crippen molar-refractivity contribution < 1.29 is 27.5 Å². The first-order valence-electron chi connectivity index (χ1n) is 9.73. The molecule has 0 radical (unpaired) electrons. The Kier molecular flexibility index (Phi) is 7.01. The molecule has 1 aromatic heterocycles. The number of hydrogen-bond acceptors (Lipinski definition) is 6. The number of aromatic amines is 1. The minimum absolute atomic E-state index is 0.272. The lowest BCUT2D eigenvalue weighted by Gasteiger charge is -2.08. The maximum atomic E-state index is 12.0. The van der Waals surface area contributed by atoms with Crippen molar-refractivity contribution in [2.75, 3.05) is 0 Å². The van der Waals surface area contributed by atoms with Crippen molar-refractivity contribution in [2.24, 2.45) is 5.73 Å². The summed E-state index contributed by atoms with van der Waals surface area (Å²) in [6.45, 7) is 0. The van der Waals surface area contributed by atoms with Crippen LogP contribution in [0.2, 0.25) is 0 Å². The van der Waals surface area contributed by atoms with Crippen LogP contribution in [0.1, 0.15) is 44.0 Å². The number of aromatic nitrogens is 3. The minimum Gasteiger partial charge on any atom is -0.386 e. The minimum atomic E-state index is -5.18. The van der Waals surface area contributed by atoms with Gasteiger partial charge in [0.25, 0.3) is 0 Å². The number of rotatable bonds is 8. The zero-order valence-electron chi connectivity index (χ0n) is 16.5. The van der Waals surface area contributed by atoms with Crippen molar-refractivity contribution >= 4 is 22.7 Å². The van der Waals surface area contributed by atoms with E-state index in [9.17, 15) is 22.8 Å². The van der Waals surface area contributed by atoms with Crippen molar-refractivity contribution in [2.45, 2.75) is 44.3 Å². The van der Waals surface area contributed by atoms with E-state index in [1.165, 1.54) is 0 Å². The van der Waals surface area contributed by atoms with Crippen molar-refractivity contribution in [3.8, 4) is 11.4 Å². The van der Waals surface area contributed by atoms with E-state index in [1.54, 1.807) is 0 Å². The van der Waals surface area contributed by atoms with Gasteiger partial charge in [0.05, 0.1) is 6.04 Å². The van der Waals surface area contributed by atoms with Gasteiger partial charge in [-0.3, -0.25) is 4.79 Å². The maximum absolute atomic E-state index is 12.0. The third-order valence-corrected chi connectivity index (χ3v) is 4.71. The smallest absolute Gasteiger partial charge is 0.386 e. The molecule has 0 aliphatic carbocycles. The molecule has 10 heteroatoms. The largest absolute Gasteiger partial charge is 0.491 e. The monoisotopic (exact) mass is 434 g/mol. The van der Waals surface area contributed by atoms with E-state index in [1.807, 2.05) is 42.5 Å². The van der Waals surface area contributed by atoms with Crippen molar-refractivity contribution in [3.05, 3.63) is 48.3 Å². The summed E-state index contributed by atoms with van der Waals surface area (Å²) in [6.07, 6.45) is -3.46. The summed E-state index contributed by atoms with van der Waals surface area (Å²) in [5.74, 6) is -2.56. The molecule has 3 rings (SSSR count). The van der Waals surface area contributed by atoms with Crippen LogP contribution in [0.4, 0.5) is 13.2 Å². The van der Waals surface area contributed by atoms with E-state index in [-0.39, 0.29) is 12.8 Å². The molecule has 0 aliphatic rings. The number of H-pyrrole nitrogens is 1. The van der Waals surface area contributed by atoms with Crippen LogP contribution in [0.25, 0.3) is 22.2 Å². The van der Waals surface area contributed by atoms with Gasteiger partial charge in [-0.25, -0.2) is 4.79 Å². The Morgan fingerprint density at radius 2 is 1.77 bits per heavy atom. The lowest BCUT2D eigenvalue weighted by atomic mass is 10.1. The number of carbonyl (C=O) groups is 2. The molecule has 7 nitrogen and oxygen atoms in total. The van der Waals surface area contributed by atoms with Gasteiger partial charge in [-0.2, -0.15) is 13.2 Å². The van der Waals surface area contributed by atoms with Gasteiger partial charge in [-0.05, 0) is 29.7 Å². The third kappa shape index (κ3) is 6.11. The fraction of sp³-hybridized carbons (Fsp3) is 0.333. The summed E-state index contributed by atoms with van der Waals surface area (Å²) in [5.41, 5.74) is 7.02. The van der Waals surface area contributed by atoms with Gasteiger partial charge in [0.15, 0.2) is 5.82 Å². The average Bonchev–Trinajstić information content (AvgIpc) is 3.22. The highest BCUT2D eigenvalue weighted by atomic mass is 19.4. The van der Waals surface area contributed by atoms with Crippen LogP contribution in [-0.4, -0.2) is 33.3 Å². The molecule has 1 atom stereocenters. The number of hydrogen-bond donors (Lipinski definition) is 2. The summed E-state index contributed by atoms with van der Waals surface area (Å²) in [6, 6.07) is 13.5. The fourth-order valence-corrected chi connectivity index (χ4v) is 3.07. The van der Waals surface area contributed by atoms with Crippen molar-refractivity contribution in [3.63, 3.8) is 0 Å². The lowest BCUT2D eigenvalue weighted by molar-refractivity contribution is -0.201. The Hall–Kier alpha value is -3.27. The van der Waals surface area contributed by atoms with Crippen molar-refractivity contribution in [1.29, 1.82) is 0 Å². The summed E-state index contributed by atoms with van der Waals surface area (Å²) in [4.78, 5) is 24.9. The second-order valence-electron chi connectivity index (χ2n) is 7.09. The highest BCUT2D eigenvalue weighted by Gasteiger charge is 2.42. The summed E-state index contributed by atoms with van der Waals surface area (Å²) < 4.78 is 39.8. The fourth-order valence-electron chi connectivity index (χ4n) is 3.07. The van der Waals surface area contributed by atoms with Crippen LogP contribution in [-0.2, 0) is 14.3 Å². The van der Waals surface area contributed by atoms with Crippen LogP contribution in [0.3, 0.4) is 0 Å². The van der Waals surface area contributed by atoms with Crippen LogP contribution >= 0.6 is 0 Å². The molecule has 2 aromatic carbocycles. The molecule has 1 heterocycles. The first-order valence-corrected chi connectivity index (χ1v) is 9.73. The van der Waals surface area contributed by atoms with Crippen molar-refractivity contribution in [1.82, 2.24) is 15.2 Å². The molecule has 0 aliphatic heterocycles. The molecule has 31 heavy (non-hydrogen) atoms. The molecule has 0 amide bonds. The van der Waals surface area contributed by atoms with E-state index >= 15 is 0 Å². The molecule has 0 bridgehead atoms. The number of halogens is 3. The highest BCUT2D eigenvalue weighted by Crippen LogP contribution is 2.23. The Morgan fingerprint density at radius 3 is 2.52 bits per heavy atom. The second kappa shape index (κ2) is 9.69. The van der Waals surface area contributed by atoms with Crippen LogP contribution in [0, 0.1) is 0 Å². The summed E-state index contributed by atoms with van der Waals surface area (Å²) in [5, 5.41) is 10.5. The zero-order valence-corrected chi connectivity index (χ0v) is 16.5. The van der Waals surface area contributed by atoms with Gasteiger partial charge < -0.3 is 15.5 Å². The Labute approximate surface area is 175 Å². The van der Waals surface area contributed by atoms with E-state index in [0.717, 1.165) is 16.3 Å². The van der Waals surface area contributed by atoms with Crippen LogP contribution < -0.4 is 5.73 Å². The average molecular weight is 434 g/mol. The predicted octanol–water partition coefficient (Wildman–Crippen LogP) is 4.21. The number of nitrogens with zero attached hydrogens (tertiary/aromatic N) is 2. The number of alkyl halides is 3. The number of esters is 2. The second-order valence-corrected chi connectivity index (χ2v) is 7.09. The molecule has 164 valence electrons. The summed E-state index contributed by atoms with van der Waals surface area (Å²) >= 11 is 0. The normalized spacial score (nSPS) is 12.6. The predicted molar refractivity (Wildman–Crippen MR) is 106 cm³/mol. The standard InChI is InChI=1S/C21H21F3N4O3/c22-21(23,24)20(30)31-17(29)9-3-1-2-8-16(25)19-26-18(27-28-19)15-11-10-13-6-4-5-7-14(13)12-15/h4-7,10-12,16H,1-3,8-9,25H2,(H,26,27,28)/t16-/m0/s1. The van der Waals surface area contributed by atoms with Gasteiger partial charge in [0.1, 0.15) is 5.82 Å². The number of nitrogens with one attached hydrogen (secondary N) is 1. The number of nitrogens with two attached hydrogens (primary N) is 1. The maximum Gasteiger partial charge on any atom is 0.491 e. The molecule has 0 unspecified atom stereocenters. The van der Waals surface area contributed by atoms with Gasteiger partial charge in [-0.15, -0.1) is 10.2 Å².